The molecule has 0 bridgehead atoms. The number of aromatic nitrogens is 1. The maximum absolute atomic E-state index is 12.1. The highest BCUT2D eigenvalue weighted by Gasteiger charge is 2.15. The molecule has 0 radical (unpaired) electrons. The lowest BCUT2D eigenvalue weighted by molar-refractivity contribution is 0.0935. The maximum atomic E-state index is 12.1. The Balaban J connectivity index is 2.11. The van der Waals surface area contributed by atoms with Gasteiger partial charge in [-0.3, -0.25) is 9.59 Å². The van der Waals surface area contributed by atoms with E-state index < -0.39 is 0 Å². The first-order valence-corrected chi connectivity index (χ1v) is 7.03. The minimum Gasteiger partial charge on any atom is -0.356 e. The molecule has 1 aromatic carbocycles. The van der Waals surface area contributed by atoms with Crippen LogP contribution in [0.4, 0.5) is 0 Å². The predicted octanol–water partition coefficient (Wildman–Crippen LogP) is 3.47. The number of rotatable bonds is 4. The van der Waals surface area contributed by atoms with E-state index in [1.165, 1.54) is 6.92 Å². The van der Waals surface area contributed by atoms with Crippen LogP contribution in [0.25, 0.3) is 0 Å². The van der Waals surface area contributed by atoms with E-state index in [1.54, 1.807) is 12.3 Å². The number of H-pyrrole nitrogens is 1. The lowest BCUT2D eigenvalue weighted by Crippen LogP contribution is -2.27. The molecule has 1 amide bonds. The average Bonchev–Trinajstić information content (AvgIpc) is 2.88. The van der Waals surface area contributed by atoms with Gasteiger partial charge in [0.1, 0.15) is 5.69 Å². The summed E-state index contributed by atoms with van der Waals surface area (Å²) in [5, 5.41) is 2.89. The van der Waals surface area contributed by atoms with Crippen molar-refractivity contribution < 1.29 is 9.59 Å². The molecule has 0 aliphatic rings. The second kappa shape index (κ2) is 6.05. The van der Waals surface area contributed by atoms with Crippen LogP contribution in [0.2, 0.25) is 0 Å². The first-order valence-electron chi connectivity index (χ1n) is 6.23. The summed E-state index contributed by atoms with van der Waals surface area (Å²) >= 11 is 3.46. The summed E-state index contributed by atoms with van der Waals surface area (Å²) in [5.41, 5.74) is 1.89. The van der Waals surface area contributed by atoms with E-state index in [-0.39, 0.29) is 17.7 Å². The van der Waals surface area contributed by atoms with Crippen LogP contribution in [0, 0.1) is 0 Å². The average molecular weight is 335 g/mol. The highest BCUT2D eigenvalue weighted by atomic mass is 79.9. The smallest absolute Gasteiger partial charge is 0.268 e. The molecule has 20 heavy (non-hydrogen) atoms. The van der Waals surface area contributed by atoms with Gasteiger partial charge in [0.05, 0.1) is 6.04 Å². The van der Waals surface area contributed by atoms with Gasteiger partial charge in [0.15, 0.2) is 5.78 Å². The molecule has 4 nitrogen and oxygen atoms in total. The highest BCUT2D eigenvalue weighted by Crippen LogP contribution is 2.22. The Morgan fingerprint density at radius 2 is 2.00 bits per heavy atom. The van der Waals surface area contributed by atoms with Crippen LogP contribution in [-0.2, 0) is 0 Å². The molecule has 1 heterocycles. The van der Waals surface area contributed by atoms with E-state index in [9.17, 15) is 9.59 Å². The molecule has 2 rings (SSSR count). The molecule has 0 unspecified atom stereocenters. The maximum Gasteiger partial charge on any atom is 0.268 e. The molecule has 1 atom stereocenters. The number of aromatic amines is 1. The van der Waals surface area contributed by atoms with Crippen LogP contribution in [0.5, 0.6) is 0 Å². The number of carbonyl (C=O) groups is 2. The first kappa shape index (κ1) is 14.5. The van der Waals surface area contributed by atoms with Crippen LogP contribution < -0.4 is 5.32 Å². The van der Waals surface area contributed by atoms with Crippen LogP contribution >= 0.6 is 15.9 Å². The van der Waals surface area contributed by atoms with Gasteiger partial charge < -0.3 is 10.3 Å². The third-order valence-electron chi connectivity index (χ3n) is 3.05. The van der Waals surface area contributed by atoms with E-state index in [1.807, 2.05) is 31.2 Å². The molecule has 0 spiro atoms. The molecule has 0 aliphatic carbocycles. The molecule has 0 saturated carbocycles. The molecule has 0 fully saturated rings. The minimum atomic E-state index is -0.235. The molecular weight excluding hydrogens is 320 g/mol. The predicted molar refractivity (Wildman–Crippen MR) is 80.8 cm³/mol. The SMILES string of the molecule is CC(=O)c1c[nH]c(C(=O)N[C@@H](C)c2ccccc2Br)c1. The number of nitrogens with one attached hydrogen (secondary N) is 2. The fourth-order valence-corrected chi connectivity index (χ4v) is 2.54. The fraction of sp³-hybridized carbons (Fsp3) is 0.200. The van der Waals surface area contributed by atoms with Gasteiger partial charge in [0.2, 0.25) is 0 Å². The molecule has 0 aliphatic heterocycles. The van der Waals surface area contributed by atoms with Crippen LogP contribution in [0.3, 0.4) is 0 Å². The van der Waals surface area contributed by atoms with Crippen molar-refractivity contribution in [1.82, 2.24) is 10.3 Å². The van der Waals surface area contributed by atoms with E-state index in [4.69, 9.17) is 0 Å². The summed E-state index contributed by atoms with van der Waals surface area (Å²) < 4.78 is 0.948. The number of halogens is 1. The van der Waals surface area contributed by atoms with E-state index in [0.717, 1.165) is 10.0 Å². The Kier molecular flexibility index (Phi) is 4.39. The normalized spacial score (nSPS) is 11.9. The Morgan fingerprint density at radius 3 is 2.60 bits per heavy atom. The second-order valence-electron chi connectivity index (χ2n) is 4.57. The Morgan fingerprint density at radius 1 is 1.30 bits per heavy atom. The number of Topliss-reactive ketones (excluding diaryl/α,β-unsaturated/α-hetero) is 1. The molecule has 2 aromatic rings. The lowest BCUT2D eigenvalue weighted by Gasteiger charge is -2.15. The third kappa shape index (κ3) is 3.17. The summed E-state index contributed by atoms with van der Waals surface area (Å²) in [6.45, 7) is 3.38. The van der Waals surface area contributed by atoms with Crippen molar-refractivity contribution in [3.63, 3.8) is 0 Å². The van der Waals surface area contributed by atoms with Crippen molar-refractivity contribution in [1.29, 1.82) is 0 Å². The van der Waals surface area contributed by atoms with E-state index in [0.29, 0.717) is 11.3 Å². The van der Waals surface area contributed by atoms with E-state index in [2.05, 4.69) is 26.2 Å². The van der Waals surface area contributed by atoms with Gasteiger partial charge in [-0.05, 0) is 31.5 Å². The van der Waals surface area contributed by atoms with E-state index >= 15 is 0 Å². The number of ketones is 1. The van der Waals surface area contributed by atoms with Gasteiger partial charge in [0.25, 0.3) is 5.91 Å². The van der Waals surface area contributed by atoms with Crippen molar-refractivity contribution >= 4 is 27.6 Å². The molecule has 2 N–H and O–H groups in total. The number of carbonyl (C=O) groups excluding carboxylic acids is 2. The van der Waals surface area contributed by atoms with Crippen molar-refractivity contribution in [3.8, 4) is 0 Å². The fourth-order valence-electron chi connectivity index (χ4n) is 1.91. The highest BCUT2D eigenvalue weighted by molar-refractivity contribution is 9.10. The van der Waals surface area contributed by atoms with Crippen LogP contribution in [0.1, 0.15) is 46.3 Å². The standard InChI is InChI=1S/C15H15BrN2O2/c1-9(12-5-3-4-6-13(12)16)18-15(20)14-7-11(8-17-14)10(2)19/h3-9,17H,1-2H3,(H,18,20)/t9-/m0/s1. The van der Waals surface area contributed by atoms with Gasteiger partial charge in [-0.1, -0.05) is 34.1 Å². The largest absolute Gasteiger partial charge is 0.356 e. The lowest BCUT2D eigenvalue weighted by atomic mass is 10.1. The summed E-state index contributed by atoms with van der Waals surface area (Å²) in [6.07, 6.45) is 1.54. The molecule has 5 heteroatoms. The van der Waals surface area contributed by atoms with Crippen molar-refractivity contribution in [2.24, 2.45) is 0 Å². The summed E-state index contributed by atoms with van der Waals surface area (Å²) in [6, 6.07) is 9.15. The summed E-state index contributed by atoms with van der Waals surface area (Å²) in [4.78, 5) is 26.1. The van der Waals surface area contributed by atoms with Gasteiger partial charge in [-0.2, -0.15) is 0 Å². The summed E-state index contributed by atoms with van der Waals surface area (Å²) in [7, 11) is 0. The summed E-state index contributed by atoms with van der Waals surface area (Å²) in [5.74, 6) is -0.306. The number of hydrogen-bond acceptors (Lipinski definition) is 2. The van der Waals surface area contributed by atoms with Crippen molar-refractivity contribution in [2.45, 2.75) is 19.9 Å². The molecule has 1 aromatic heterocycles. The van der Waals surface area contributed by atoms with Crippen LogP contribution in [0.15, 0.2) is 41.0 Å². The van der Waals surface area contributed by atoms with Crippen molar-refractivity contribution in [2.75, 3.05) is 0 Å². The van der Waals surface area contributed by atoms with Gasteiger partial charge >= 0.3 is 0 Å². The Labute approximate surface area is 125 Å². The number of amides is 1. The monoisotopic (exact) mass is 334 g/mol. The van der Waals surface area contributed by atoms with Gasteiger partial charge in [0, 0.05) is 16.2 Å². The zero-order chi connectivity index (χ0) is 14.7. The quantitative estimate of drug-likeness (QED) is 0.841. The second-order valence-corrected chi connectivity index (χ2v) is 5.43. The minimum absolute atomic E-state index is 0.0702. The zero-order valence-electron chi connectivity index (χ0n) is 11.2. The van der Waals surface area contributed by atoms with Crippen molar-refractivity contribution in [3.05, 3.63) is 57.8 Å². The molecular formula is C15H15BrN2O2. The van der Waals surface area contributed by atoms with Gasteiger partial charge in [-0.25, -0.2) is 0 Å². The van der Waals surface area contributed by atoms with Crippen LogP contribution in [-0.4, -0.2) is 16.7 Å². The Bertz CT molecular complexity index is 649. The Hall–Kier alpha value is -1.88. The third-order valence-corrected chi connectivity index (χ3v) is 3.78. The number of hydrogen-bond donors (Lipinski definition) is 2. The number of benzene rings is 1. The topological polar surface area (TPSA) is 62.0 Å². The first-order chi connectivity index (χ1) is 9.49. The molecule has 104 valence electrons. The zero-order valence-corrected chi connectivity index (χ0v) is 12.8. The molecule has 0 saturated heterocycles. The van der Waals surface area contributed by atoms with Gasteiger partial charge in [-0.15, -0.1) is 0 Å².